The number of carbonyl (C=O) groups is 2. The van der Waals surface area contributed by atoms with Crippen molar-refractivity contribution in [2.24, 2.45) is 11.3 Å². The van der Waals surface area contributed by atoms with Crippen LogP contribution in [0.3, 0.4) is 0 Å². The van der Waals surface area contributed by atoms with E-state index in [0.29, 0.717) is 5.91 Å². The molecule has 3 aliphatic rings. The van der Waals surface area contributed by atoms with Crippen LogP contribution in [-0.2, 0) is 16.0 Å². The smallest absolute Gasteiger partial charge is 0.229 e. The minimum Gasteiger partial charge on any atom is -0.353 e. The molecule has 2 N–H and O–H groups in total. The van der Waals surface area contributed by atoms with E-state index < -0.39 is 0 Å². The van der Waals surface area contributed by atoms with Crippen molar-refractivity contribution in [3.05, 3.63) is 35.9 Å². The number of hydrogen-bond acceptors (Lipinski definition) is 3. The standard InChI is InChI=1S/C22H31N3O2/c26-20(18-8-4-5-9-18)25-12-10-19(11-13-25)24-21(27)22(15-23-16-22)14-17-6-2-1-3-7-17/h1-3,6-7,18-19,23H,4-5,8-16H2,(H,24,27). The van der Waals surface area contributed by atoms with Crippen LogP contribution in [0.1, 0.15) is 44.1 Å². The van der Waals surface area contributed by atoms with Crippen molar-refractivity contribution in [1.29, 1.82) is 0 Å². The van der Waals surface area contributed by atoms with Gasteiger partial charge in [0, 0.05) is 38.1 Å². The van der Waals surface area contributed by atoms with Crippen molar-refractivity contribution in [1.82, 2.24) is 15.5 Å². The average Bonchev–Trinajstić information content (AvgIpc) is 3.20. The lowest BCUT2D eigenvalue weighted by molar-refractivity contribution is -0.137. The maximum absolute atomic E-state index is 13.0. The highest BCUT2D eigenvalue weighted by Gasteiger charge is 2.45. The summed E-state index contributed by atoms with van der Waals surface area (Å²) < 4.78 is 0. The van der Waals surface area contributed by atoms with Crippen molar-refractivity contribution in [3.63, 3.8) is 0 Å². The fourth-order valence-electron chi connectivity index (χ4n) is 4.79. The Morgan fingerprint density at radius 2 is 1.70 bits per heavy atom. The molecule has 0 spiro atoms. The number of nitrogens with zero attached hydrogens (tertiary/aromatic N) is 1. The van der Waals surface area contributed by atoms with Gasteiger partial charge in [-0.25, -0.2) is 0 Å². The number of benzene rings is 1. The third-order valence-corrected chi connectivity index (χ3v) is 6.64. The molecule has 0 bridgehead atoms. The number of piperidine rings is 1. The highest BCUT2D eigenvalue weighted by molar-refractivity contribution is 5.85. The fraction of sp³-hybridized carbons (Fsp3) is 0.636. The lowest BCUT2D eigenvalue weighted by atomic mass is 9.75. The van der Waals surface area contributed by atoms with E-state index >= 15 is 0 Å². The van der Waals surface area contributed by atoms with Crippen molar-refractivity contribution in [2.45, 2.75) is 51.0 Å². The second kappa shape index (κ2) is 8.01. The van der Waals surface area contributed by atoms with Crippen molar-refractivity contribution in [3.8, 4) is 0 Å². The highest BCUT2D eigenvalue weighted by Crippen LogP contribution is 2.30. The molecule has 1 saturated carbocycles. The number of carbonyl (C=O) groups excluding carboxylic acids is 2. The summed E-state index contributed by atoms with van der Waals surface area (Å²) in [5, 5.41) is 6.57. The lowest BCUT2D eigenvalue weighted by Crippen LogP contribution is -2.64. The molecule has 3 fully saturated rings. The van der Waals surface area contributed by atoms with Crippen LogP contribution in [0, 0.1) is 11.3 Å². The van der Waals surface area contributed by atoms with Gasteiger partial charge in [0.2, 0.25) is 11.8 Å². The Labute approximate surface area is 161 Å². The predicted octanol–water partition coefficient (Wildman–Crippen LogP) is 2.12. The number of amides is 2. The van der Waals surface area contributed by atoms with Gasteiger partial charge in [-0.3, -0.25) is 9.59 Å². The van der Waals surface area contributed by atoms with Crippen LogP contribution in [0.4, 0.5) is 0 Å². The van der Waals surface area contributed by atoms with Gasteiger partial charge in [-0.1, -0.05) is 43.2 Å². The summed E-state index contributed by atoms with van der Waals surface area (Å²) in [6, 6.07) is 10.5. The van der Waals surface area contributed by atoms with E-state index in [9.17, 15) is 9.59 Å². The molecular weight excluding hydrogens is 338 g/mol. The first-order valence-electron chi connectivity index (χ1n) is 10.5. The summed E-state index contributed by atoms with van der Waals surface area (Å²) >= 11 is 0. The molecule has 1 aromatic rings. The largest absolute Gasteiger partial charge is 0.353 e. The minimum atomic E-state index is -0.321. The Balaban J connectivity index is 1.29. The van der Waals surface area contributed by atoms with Crippen molar-refractivity contribution < 1.29 is 9.59 Å². The van der Waals surface area contributed by atoms with Gasteiger partial charge >= 0.3 is 0 Å². The zero-order chi connectivity index (χ0) is 18.7. The van der Waals surface area contributed by atoms with Gasteiger partial charge in [0.25, 0.3) is 0 Å². The van der Waals surface area contributed by atoms with E-state index in [1.807, 2.05) is 23.1 Å². The predicted molar refractivity (Wildman–Crippen MR) is 105 cm³/mol. The number of rotatable bonds is 5. The Morgan fingerprint density at radius 3 is 2.30 bits per heavy atom. The second-order valence-electron chi connectivity index (χ2n) is 8.60. The SMILES string of the molecule is O=C(C1CCCC1)N1CCC(NC(=O)C2(Cc3ccccc3)CNC2)CC1. The van der Waals surface area contributed by atoms with E-state index in [4.69, 9.17) is 0 Å². The van der Waals surface area contributed by atoms with Gasteiger partial charge < -0.3 is 15.5 Å². The third kappa shape index (κ3) is 4.03. The summed E-state index contributed by atoms with van der Waals surface area (Å²) in [7, 11) is 0. The van der Waals surface area contributed by atoms with Crippen LogP contribution in [-0.4, -0.2) is 48.9 Å². The van der Waals surface area contributed by atoms with Gasteiger partial charge in [-0.15, -0.1) is 0 Å². The van der Waals surface area contributed by atoms with Gasteiger partial charge in [0.05, 0.1) is 5.41 Å². The van der Waals surface area contributed by atoms with Gasteiger partial charge in [0.15, 0.2) is 0 Å². The Hall–Kier alpha value is -1.88. The number of hydrogen-bond donors (Lipinski definition) is 2. The van der Waals surface area contributed by atoms with E-state index in [-0.39, 0.29) is 23.3 Å². The van der Waals surface area contributed by atoms with Crippen LogP contribution in [0.15, 0.2) is 30.3 Å². The molecule has 27 heavy (non-hydrogen) atoms. The van der Waals surface area contributed by atoms with Crippen molar-refractivity contribution in [2.75, 3.05) is 26.2 Å². The first-order chi connectivity index (χ1) is 13.2. The molecule has 1 aromatic carbocycles. The first kappa shape index (κ1) is 18.5. The summed E-state index contributed by atoms with van der Waals surface area (Å²) in [5.41, 5.74) is 0.893. The highest BCUT2D eigenvalue weighted by atomic mass is 16.2. The molecule has 5 nitrogen and oxygen atoms in total. The molecular formula is C22H31N3O2. The zero-order valence-electron chi connectivity index (χ0n) is 16.1. The quantitative estimate of drug-likeness (QED) is 0.836. The summed E-state index contributed by atoms with van der Waals surface area (Å²) in [4.78, 5) is 27.6. The molecule has 2 heterocycles. The van der Waals surface area contributed by atoms with E-state index in [0.717, 1.165) is 58.3 Å². The van der Waals surface area contributed by atoms with Crippen molar-refractivity contribution >= 4 is 11.8 Å². The maximum Gasteiger partial charge on any atom is 0.229 e. The Morgan fingerprint density at radius 1 is 1.04 bits per heavy atom. The molecule has 0 unspecified atom stereocenters. The second-order valence-corrected chi connectivity index (χ2v) is 8.60. The number of likely N-dealkylation sites (tertiary alicyclic amines) is 1. The first-order valence-corrected chi connectivity index (χ1v) is 10.5. The normalized spacial score (nSPS) is 23.0. The Bertz CT molecular complexity index is 657. The minimum absolute atomic E-state index is 0.172. The monoisotopic (exact) mass is 369 g/mol. The van der Waals surface area contributed by atoms with Gasteiger partial charge in [-0.2, -0.15) is 0 Å². The van der Waals surface area contributed by atoms with Gasteiger partial charge in [0.1, 0.15) is 0 Å². The van der Waals surface area contributed by atoms with E-state index in [2.05, 4.69) is 22.8 Å². The molecule has 0 radical (unpaired) electrons. The molecule has 2 amide bonds. The number of nitrogens with one attached hydrogen (secondary N) is 2. The van der Waals surface area contributed by atoms with Gasteiger partial charge in [-0.05, 0) is 37.7 Å². The van der Waals surface area contributed by atoms with Crippen LogP contribution < -0.4 is 10.6 Å². The maximum atomic E-state index is 13.0. The van der Waals surface area contributed by atoms with E-state index in [1.165, 1.54) is 18.4 Å². The van der Waals surface area contributed by atoms with Crippen LogP contribution in [0.5, 0.6) is 0 Å². The average molecular weight is 370 g/mol. The third-order valence-electron chi connectivity index (χ3n) is 6.64. The molecule has 1 aliphatic carbocycles. The van der Waals surface area contributed by atoms with E-state index in [1.54, 1.807) is 0 Å². The van der Waals surface area contributed by atoms with Crippen LogP contribution >= 0.6 is 0 Å². The lowest BCUT2D eigenvalue weighted by Gasteiger charge is -2.43. The molecule has 4 rings (SSSR count). The molecule has 0 atom stereocenters. The van der Waals surface area contributed by atoms with Crippen LogP contribution in [0.2, 0.25) is 0 Å². The van der Waals surface area contributed by atoms with Crippen LogP contribution in [0.25, 0.3) is 0 Å². The molecule has 2 saturated heterocycles. The summed E-state index contributed by atoms with van der Waals surface area (Å²) in [5.74, 6) is 0.776. The zero-order valence-corrected chi connectivity index (χ0v) is 16.1. The Kier molecular flexibility index (Phi) is 5.48. The molecule has 0 aromatic heterocycles. The summed E-state index contributed by atoms with van der Waals surface area (Å²) in [6.45, 7) is 3.05. The molecule has 146 valence electrons. The summed E-state index contributed by atoms with van der Waals surface area (Å²) in [6.07, 6.45) is 7.04. The topological polar surface area (TPSA) is 61.4 Å². The molecule has 2 aliphatic heterocycles. The molecule has 5 heteroatoms. The fourth-order valence-corrected chi connectivity index (χ4v) is 4.79.